The van der Waals surface area contributed by atoms with Crippen molar-refractivity contribution >= 4 is 27.3 Å². The van der Waals surface area contributed by atoms with Crippen molar-refractivity contribution in [3.63, 3.8) is 0 Å². The molecular weight excluding hydrogens is 416 g/mol. The van der Waals surface area contributed by atoms with Gasteiger partial charge in [0.2, 0.25) is 15.9 Å². The number of ether oxygens (including phenoxy) is 1. The monoisotopic (exact) mass is 441 g/mol. The Balaban J connectivity index is 2.13. The summed E-state index contributed by atoms with van der Waals surface area (Å²) in [5.74, 6) is -0.550. The van der Waals surface area contributed by atoms with Crippen molar-refractivity contribution in [3.05, 3.63) is 48.0 Å². The zero-order valence-electron chi connectivity index (χ0n) is 17.0. The maximum absolute atomic E-state index is 12.7. The molecule has 0 saturated heterocycles. The SMILES string of the molecule is CCN(CC)S(=O)(=O)c1ccc(C)c(NC(=O)CNc2ccccc2OC(F)F)c1. The lowest BCUT2D eigenvalue weighted by Crippen LogP contribution is -2.30. The quantitative estimate of drug-likeness (QED) is 0.587. The minimum absolute atomic E-state index is 0.0794. The van der Waals surface area contributed by atoms with E-state index in [0.29, 0.717) is 24.3 Å². The van der Waals surface area contributed by atoms with Gasteiger partial charge in [-0.2, -0.15) is 13.1 Å². The fourth-order valence-corrected chi connectivity index (χ4v) is 4.27. The summed E-state index contributed by atoms with van der Waals surface area (Å²) in [4.78, 5) is 12.4. The Hall–Kier alpha value is -2.72. The third kappa shape index (κ3) is 5.90. The summed E-state index contributed by atoms with van der Waals surface area (Å²) in [6.45, 7) is 2.69. The maximum Gasteiger partial charge on any atom is 0.387 e. The Bertz CT molecular complexity index is 980. The Morgan fingerprint density at radius 3 is 2.40 bits per heavy atom. The van der Waals surface area contributed by atoms with Gasteiger partial charge in [0.25, 0.3) is 0 Å². The molecule has 0 unspecified atom stereocenters. The summed E-state index contributed by atoms with van der Waals surface area (Å²) in [6.07, 6.45) is 0. The van der Waals surface area contributed by atoms with Crippen molar-refractivity contribution in [2.24, 2.45) is 0 Å². The van der Waals surface area contributed by atoms with E-state index in [1.165, 1.54) is 34.6 Å². The molecule has 2 aromatic rings. The summed E-state index contributed by atoms with van der Waals surface area (Å²) in [6, 6.07) is 10.5. The molecule has 164 valence electrons. The van der Waals surface area contributed by atoms with Gasteiger partial charge in [-0.25, -0.2) is 8.42 Å². The first-order chi connectivity index (χ1) is 14.2. The fraction of sp³-hybridized carbons (Fsp3) is 0.350. The summed E-state index contributed by atoms with van der Waals surface area (Å²) in [7, 11) is -3.67. The van der Waals surface area contributed by atoms with Crippen molar-refractivity contribution in [3.8, 4) is 5.75 Å². The molecule has 10 heteroatoms. The Morgan fingerprint density at radius 2 is 1.77 bits per heavy atom. The molecule has 2 N–H and O–H groups in total. The van der Waals surface area contributed by atoms with Gasteiger partial charge in [0, 0.05) is 18.8 Å². The number of sulfonamides is 1. The number of hydrogen-bond acceptors (Lipinski definition) is 5. The first-order valence-corrected chi connectivity index (χ1v) is 10.8. The van der Waals surface area contributed by atoms with E-state index in [1.807, 2.05) is 0 Å². The third-order valence-corrected chi connectivity index (χ3v) is 6.41. The molecule has 1 amide bonds. The first kappa shape index (κ1) is 23.6. The van der Waals surface area contributed by atoms with Gasteiger partial charge in [-0.05, 0) is 36.8 Å². The predicted molar refractivity (Wildman–Crippen MR) is 111 cm³/mol. The second-order valence-corrected chi connectivity index (χ2v) is 8.28. The van der Waals surface area contributed by atoms with Gasteiger partial charge >= 0.3 is 6.61 Å². The van der Waals surface area contributed by atoms with E-state index in [4.69, 9.17) is 0 Å². The van der Waals surface area contributed by atoms with Crippen LogP contribution in [0.3, 0.4) is 0 Å². The zero-order chi connectivity index (χ0) is 22.3. The lowest BCUT2D eigenvalue weighted by atomic mass is 10.2. The van der Waals surface area contributed by atoms with Crippen LogP contribution in [0, 0.1) is 6.92 Å². The predicted octanol–water partition coefficient (Wildman–Crippen LogP) is 3.68. The number of nitrogens with zero attached hydrogens (tertiary/aromatic N) is 1. The van der Waals surface area contributed by atoms with Crippen molar-refractivity contribution in [2.75, 3.05) is 30.3 Å². The van der Waals surface area contributed by atoms with Crippen LogP contribution in [0.4, 0.5) is 20.2 Å². The Morgan fingerprint density at radius 1 is 1.10 bits per heavy atom. The Labute approximate surface area is 175 Å². The third-order valence-electron chi connectivity index (χ3n) is 4.37. The molecule has 0 aliphatic carbocycles. The number of nitrogens with one attached hydrogen (secondary N) is 2. The van der Waals surface area contributed by atoms with E-state index in [0.717, 1.165) is 0 Å². The summed E-state index contributed by atoms with van der Waals surface area (Å²) in [5.41, 5.74) is 1.28. The van der Waals surface area contributed by atoms with E-state index in [-0.39, 0.29) is 22.9 Å². The number of benzene rings is 2. The van der Waals surface area contributed by atoms with Gasteiger partial charge in [0.15, 0.2) is 0 Å². The van der Waals surface area contributed by atoms with Crippen LogP contribution in [0.1, 0.15) is 19.4 Å². The summed E-state index contributed by atoms with van der Waals surface area (Å²) < 4.78 is 56.1. The van der Waals surface area contributed by atoms with Crippen molar-refractivity contribution in [1.29, 1.82) is 0 Å². The topological polar surface area (TPSA) is 87.7 Å². The minimum Gasteiger partial charge on any atom is -0.433 e. The van der Waals surface area contributed by atoms with E-state index in [9.17, 15) is 22.0 Å². The smallest absolute Gasteiger partial charge is 0.387 e. The van der Waals surface area contributed by atoms with Crippen LogP contribution in [0.25, 0.3) is 0 Å². The molecule has 0 heterocycles. The second-order valence-electron chi connectivity index (χ2n) is 6.34. The molecule has 0 spiro atoms. The number of carbonyl (C=O) groups excluding carboxylic acids is 1. The second kappa shape index (κ2) is 10.4. The van der Waals surface area contributed by atoms with Crippen LogP contribution in [0.2, 0.25) is 0 Å². The molecule has 0 aromatic heterocycles. The normalized spacial score (nSPS) is 11.6. The molecule has 0 aliphatic heterocycles. The van der Waals surface area contributed by atoms with Crippen molar-refractivity contribution in [2.45, 2.75) is 32.3 Å². The van der Waals surface area contributed by atoms with Gasteiger partial charge in [-0.1, -0.05) is 32.0 Å². The van der Waals surface area contributed by atoms with Crippen LogP contribution in [0.5, 0.6) is 5.75 Å². The van der Waals surface area contributed by atoms with Crippen LogP contribution >= 0.6 is 0 Å². The standard InChI is InChI=1S/C20H25F2N3O4S/c1-4-25(5-2)30(27,28)15-11-10-14(3)17(12-15)24-19(26)13-23-16-8-6-7-9-18(16)29-20(21)22/h6-12,20,23H,4-5,13H2,1-3H3,(H,24,26). The van der Waals surface area contributed by atoms with Gasteiger partial charge < -0.3 is 15.4 Å². The van der Waals surface area contributed by atoms with Crippen LogP contribution < -0.4 is 15.4 Å². The number of amides is 1. The van der Waals surface area contributed by atoms with Gasteiger partial charge in [0.1, 0.15) is 5.75 Å². The number of halogens is 2. The molecule has 7 nitrogen and oxygen atoms in total. The fourth-order valence-electron chi connectivity index (χ4n) is 2.79. The van der Waals surface area contributed by atoms with E-state index in [2.05, 4.69) is 15.4 Å². The van der Waals surface area contributed by atoms with Crippen LogP contribution in [0.15, 0.2) is 47.4 Å². The van der Waals surface area contributed by atoms with Crippen LogP contribution in [-0.4, -0.2) is 44.9 Å². The number of hydrogen-bond donors (Lipinski definition) is 2. The number of alkyl halides is 2. The number of rotatable bonds is 10. The molecule has 0 radical (unpaired) electrons. The molecule has 0 aliphatic rings. The highest BCUT2D eigenvalue weighted by molar-refractivity contribution is 7.89. The number of para-hydroxylation sites is 2. The van der Waals surface area contributed by atoms with Gasteiger partial charge in [0.05, 0.1) is 17.1 Å². The van der Waals surface area contributed by atoms with E-state index >= 15 is 0 Å². The van der Waals surface area contributed by atoms with E-state index in [1.54, 1.807) is 32.9 Å². The molecule has 0 fully saturated rings. The summed E-state index contributed by atoms with van der Waals surface area (Å²) in [5, 5.41) is 5.40. The number of carbonyl (C=O) groups is 1. The highest BCUT2D eigenvalue weighted by Crippen LogP contribution is 2.26. The lowest BCUT2D eigenvalue weighted by Gasteiger charge is -2.19. The maximum atomic E-state index is 12.7. The number of aryl methyl sites for hydroxylation is 1. The largest absolute Gasteiger partial charge is 0.433 e. The molecule has 0 atom stereocenters. The molecule has 2 rings (SSSR count). The zero-order valence-corrected chi connectivity index (χ0v) is 17.8. The first-order valence-electron chi connectivity index (χ1n) is 9.37. The highest BCUT2D eigenvalue weighted by atomic mass is 32.2. The minimum atomic E-state index is -3.67. The Kier molecular flexibility index (Phi) is 8.13. The molecule has 30 heavy (non-hydrogen) atoms. The van der Waals surface area contributed by atoms with Crippen molar-refractivity contribution < 1.29 is 26.7 Å². The van der Waals surface area contributed by atoms with Crippen LogP contribution in [-0.2, 0) is 14.8 Å². The molecule has 2 aromatic carbocycles. The summed E-state index contributed by atoms with van der Waals surface area (Å²) >= 11 is 0. The lowest BCUT2D eigenvalue weighted by molar-refractivity contribution is -0.114. The molecule has 0 saturated carbocycles. The number of anilines is 2. The average molecular weight is 442 g/mol. The van der Waals surface area contributed by atoms with Gasteiger partial charge in [-0.15, -0.1) is 0 Å². The average Bonchev–Trinajstić information content (AvgIpc) is 2.69. The van der Waals surface area contributed by atoms with Gasteiger partial charge in [-0.3, -0.25) is 4.79 Å². The highest BCUT2D eigenvalue weighted by Gasteiger charge is 2.22. The molecule has 0 bridgehead atoms. The molecular formula is C20H25F2N3O4S. The van der Waals surface area contributed by atoms with Crippen molar-refractivity contribution in [1.82, 2.24) is 4.31 Å². The van der Waals surface area contributed by atoms with E-state index < -0.39 is 22.5 Å².